The third kappa shape index (κ3) is 3.29. The maximum absolute atomic E-state index is 9.89. The summed E-state index contributed by atoms with van der Waals surface area (Å²) < 4.78 is 10.9. The van der Waals surface area contributed by atoms with Gasteiger partial charge in [-0.2, -0.15) is 0 Å². The van der Waals surface area contributed by atoms with Gasteiger partial charge in [-0.3, -0.25) is 0 Å². The summed E-state index contributed by atoms with van der Waals surface area (Å²) in [7, 11) is 0. The van der Waals surface area contributed by atoms with Crippen LogP contribution in [0.5, 0.6) is 0 Å². The van der Waals surface area contributed by atoms with Crippen molar-refractivity contribution in [2.75, 3.05) is 13.2 Å². The van der Waals surface area contributed by atoms with E-state index < -0.39 is 43.9 Å². The molecule has 0 saturated carbocycles. The van der Waals surface area contributed by atoms with Gasteiger partial charge in [-0.15, -0.1) is 0 Å². The quantitative estimate of drug-likeness (QED) is 0.619. The summed E-state index contributed by atoms with van der Waals surface area (Å²) in [6.07, 6.45) is -5.71. The molecule has 1 aromatic carbocycles. The van der Waals surface area contributed by atoms with E-state index in [0.717, 1.165) is 0 Å². The van der Waals surface area contributed by atoms with Crippen molar-refractivity contribution in [3.63, 3.8) is 0 Å². The van der Waals surface area contributed by atoms with Crippen molar-refractivity contribution in [2.45, 2.75) is 30.7 Å². The highest BCUT2D eigenvalue weighted by Crippen LogP contribution is 2.30. The molecule has 1 heterocycles. The number of hydrogen-bond donors (Lipinski definition) is 4. The molecule has 6 nitrogen and oxygen atoms in total. The Hall–Kier alpha value is -0.730. The van der Waals surface area contributed by atoms with Crippen LogP contribution >= 0.6 is 11.6 Å². The Morgan fingerprint density at radius 2 is 1.55 bits per heavy atom. The fourth-order valence-electron chi connectivity index (χ4n) is 2.06. The molecule has 0 radical (unpaired) electrons. The number of halogens is 1. The predicted molar refractivity (Wildman–Crippen MR) is 70.1 cm³/mol. The van der Waals surface area contributed by atoms with Crippen LogP contribution in [0.3, 0.4) is 0 Å². The first-order chi connectivity index (χ1) is 9.56. The van der Waals surface area contributed by atoms with Crippen molar-refractivity contribution in [2.24, 2.45) is 0 Å². The van der Waals surface area contributed by atoms with E-state index in [-0.39, 0.29) is 0 Å². The van der Waals surface area contributed by atoms with Gasteiger partial charge in [0, 0.05) is 10.6 Å². The summed E-state index contributed by atoms with van der Waals surface area (Å²) >= 11 is 5.89. The Morgan fingerprint density at radius 3 is 2.00 bits per heavy atom. The molecule has 1 aliphatic rings. The molecule has 0 amide bonds. The zero-order valence-corrected chi connectivity index (χ0v) is 11.3. The van der Waals surface area contributed by atoms with E-state index in [2.05, 4.69) is 0 Å². The first-order valence-electron chi connectivity index (χ1n) is 6.21. The highest BCUT2D eigenvalue weighted by Gasteiger charge is 2.40. The van der Waals surface area contributed by atoms with Gasteiger partial charge in [-0.25, -0.2) is 0 Å². The van der Waals surface area contributed by atoms with E-state index >= 15 is 0 Å². The van der Waals surface area contributed by atoms with Gasteiger partial charge in [-0.1, -0.05) is 23.7 Å². The van der Waals surface area contributed by atoms with Gasteiger partial charge in [0.1, 0.15) is 24.4 Å². The molecular formula is C13H17ClO6. The predicted octanol–water partition coefficient (Wildman–Crippen LogP) is -0.171. The summed E-state index contributed by atoms with van der Waals surface area (Å²) in [5.41, 5.74) is 0.565. The van der Waals surface area contributed by atoms with Crippen molar-refractivity contribution in [3.8, 4) is 0 Å². The third-order valence-corrected chi connectivity index (χ3v) is 3.42. The number of rotatable bonds is 3. The largest absolute Gasteiger partial charge is 0.394 e. The van der Waals surface area contributed by atoms with Gasteiger partial charge in [0.05, 0.1) is 13.2 Å². The molecule has 1 saturated heterocycles. The van der Waals surface area contributed by atoms with Crippen LogP contribution in [-0.4, -0.2) is 58.1 Å². The molecule has 1 aromatic rings. The van der Waals surface area contributed by atoms with Crippen LogP contribution in [0.25, 0.3) is 0 Å². The van der Waals surface area contributed by atoms with E-state index in [1.54, 1.807) is 24.3 Å². The topological polar surface area (TPSA) is 99.4 Å². The van der Waals surface area contributed by atoms with Crippen LogP contribution in [0.15, 0.2) is 24.3 Å². The number of ether oxygens (including phenoxy) is 2. The Morgan fingerprint density at radius 1 is 1.00 bits per heavy atom. The van der Waals surface area contributed by atoms with Crippen molar-refractivity contribution in [3.05, 3.63) is 34.9 Å². The second kappa shape index (κ2) is 6.82. The van der Waals surface area contributed by atoms with Crippen LogP contribution in [0.4, 0.5) is 0 Å². The SMILES string of the molecule is OC[C@@H]1OC(c2cccc(Cl)c2)O[C@H](CO)[C@H](O)[C@H]1O. The summed E-state index contributed by atoms with van der Waals surface area (Å²) in [6, 6.07) is 6.69. The lowest BCUT2D eigenvalue weighted by Gasteiger charge is -2.23. The second-order valence-corrected chi connectivity index (χ2v) is 5.02. The van der Waals surface area contributed by atoms with Crippen molar-refractivity contribution in [1.82, 2.24) is 0 Å². The molecule has 1 fully saturated rings. The first-order valence-corrected chi connectivity index (χ1v) is 6.59. The number of benzene rings is 1. The maximum Gasteiger partial charge on any atom is 0.185 e. The van der Waals surface area contributed by atoms with E-state index in [9.17, 15) is 20.4 Å². The van der Waals surface area contributed by atoms with Crippen molar-refractivity contribution < 1.29 is 29.9 Å². The van der Waals surface area contributed by atoms with Crippen molar-refractivity contribution in [1.29, 1.82) is 0 Å². The van der Waals surface area contributed by atoms with Crippen LogP contribution in [-0.2, 0) is 9.47 Å². The van der Waals surface area contributed by atoms with Gasteiger partial charge in [-0.05, 0) is 12.1 Å². The normalized spacial score (nSPS) is 34.8. The number of aliphatic hydroxyl groups excluding tert-OH is 4. The Kier molecular flexibility index (Phi) is 5.34. The van der Waals surface area contributed by atoms with E-state index in [1.807, 2.05) is 0 Å². The van der Waals surface area contributed by atoms with Gasteiger partial charge in [0.2, 0.25) is 0 Å². The van der Waals surface area contributed by atoms with Crippen LogP contribution in [0, 0.1) is 0 Å². The summed E-state index contributed by atoms with van der Waals surface area (Å²) in [6.45, 7) is -0.979. The zero-order chi connectivity index (χ0) is 14.7. The summed E-state index contributed by atoms with van der Waals surface area (Å²) in [5, 5.41) is 38.7. The van der Waals surface area contributed by atoms with Gasteiger partial charge in [0.15, 0.2) is 6.29 Å². The third-order valence-electron chi connectivity index (χ3n) is 3.19. The Balaban J connectivity index is 2.28. The minimum atomic E-state index is -1.36. The molecule has 0 bridgehead atoms. The van der Waals surface area contributed by atoms with Gasteiger partial charge < -0.3 is 29.9 Å². The lowest BCUT2D eigenvalue weighted by Crippen LogP contribution is -2.45. The summed E-state index contributed by atoms with van der Waals surface area (Å²) in [4.78, 5) is 0. The molecule has 0 spiro atoms. The molecule has 0 aliphatic carbocycles. The minimum absolute atomic E-state index is 0.473. The second-order valence-electron chi connectivity index (χ2n) is 4.58. The number of hydrogen-bond acceptors (Lipinski definition) is 6. The highest BCUT2D eigenvalue weighted by atomic mass is 35.5. The zero-order valence-electron chi connectivity index (χ0n) is 10.6. The molecule has 0 aromatic heterocycles. The Labute approximate surface area is 121 Å². The maximum atomic E-state index is 9.89. The van der Waals surface area contributed by atoms with Gasteiger partial charge in [0.25, 0.3) is 0 Å². The van der Waals surface area contributed by atoms with Crippen molar-refractivity contribution >= 4 is 11.6 Å². The standard InChI is InChI=1S/C13H17ClO6/c14-8-3-1-2-7(4-8)13-19-9(5-15)11(17)12(18)10(6-16)20-13/h1-4,9-13,15-18H,5-6H2/t9-,10+,11-,12-,13?/m0/s1. The molecule has 2 rings (SSSR count). The van der Waals surface area contributed by atoms with E-state index in [4.69, 9.17) is 21.1 Å². The molecule has 112 valence electrons. The molecular weight excluding hydrogens is 288 g/mol. The molecule has 1 aliphatic heterocycles. The molecule has 5 atom stereocenters. The summed E-state index contributed by atoms with van der Waals surface area (Å²) in [5.74, 6) is 0. The van der Waals surface area contributed by atoms with Crippen LogP contribution in [0.2, 0.25) is 5.02 Å². The van der Waals surface area contributed by atoms with Gasteiger partial charge >= 0.3 is 0 Å². The lowest BCUT2D eigenvalue weighted by atomic mass is 10.0. The molecule has 20 heavy (non-hydrogen) atoms. The minimum Gasteiger partial charge on any atom is -0.394 e. The first kappa shape index (κ1) is 15.7. The Bertz CT molecular complexity index is 425. The van der Waals surface area contributed by atoms with Crippen LogP contribution in [0.1, 0.15) is 11.9 Å². The average molecular weight is 305 g/mol. The van der Waals surface area contributed by atoms with E-state index in [0.29, 0.717) is 10.6 Å². The fraction of sp³-hybridized carbons (Fsp3) is 0.538. The lowest BCUT2D eigenvalue weighted by molar-refractivity contribution is -0.199. The van der Waals surface area contributed by atoms with E-state index in [1.165, 1.54) is 0 Å². The average Bonchev–Trinajstić information content (AvgIpc) is 2.57. The monoisotopic (exact) mass is 304 g/mol. The molecule has 1 unspecified atom stereocenters. The van der Waals surface area contributed by atoms with Crippen LogP contribution < -0.4 is 0 Å². The smallest absolute Gasteiger partial charge is 0.185 e. The molecule has 4 N–H and O–H groups in total. The fourth-order valence-corrected chi connectivity index (χ4v) is 2.26. The molecule has 7 heteroatoms. The number of aliphatic hydroxyl groups is 4. The highest BCUT2D eigenvalue weighted by molar-refractivity contribution is 6.30.